The van der Waals surface area contributed by atoms with E-state index in [1.807, 2.05) is 43.1 Å². The number of carbonyl (C=O) groups is 1. The van der Waals surface area contributed by atoms with Crippen molar-refractivity contribution < 1.29 is 9.53 Å². The maximum atomic E-state index is 12.9. The SMILES string of the molecule is CCOc1ccc2[nH]c(=O)c(CN3CCCC34CCCN(C)C4=O)cc2c1. The molecular formula is C21H27N3O3. The van der Waals surface area contributed by atoms with E-state index in [9.17, 15) is 9.59 Å². The van der Waals surface area contributed by atoms with Gasteiger partial charge in [-0.15, -0.1) is 0 Å². The summed E-state index contributed by atoms with van der Waals surface area (Å²) in [7, 11) is 1.89. The molecule has 6 nitrogen and oxygen atoms in total. The fraction of sp³-hybridized carbons (Fsp3) is 0.524. The molecule has 1 N–H and O–H groups in total. The number of amides is 1. The van der Waals surface area contributed by atoms with Crippen LogP contribution in [0.3, 0.4) is 0 Å². The Morgan fingerprint density at radius 2 is 1.93 bits per heavy atom. The van der Waals surface area contributed by atoms with Gasteiger partial charge in [-0.1, -0.05) is 0 Å². The molecule has 1 aromatic carbocycles. The van der Waals surface area contributed by atoms with Crippen molar-refractivity contribution in [1.82, 2.24) is 14.8 Å². The van der Waals surface area contributed by atoms with Crippen molar-refractivity contribution in [2.75, 3.05) is 26.7 Å². The summed E-state index contributed by atoms with van der Waals surface area (Å²) in [4.78, 5) is 32.6. The highest BCUT2D eigenvalue weighted by Crippen LogP contribution is 2.38. The minimum atomic E-state index is -0.429. The lowest BCUT2D eigenvalue weighted by Crippen LogP contribution is -2.58. The van der Waals surface area contributed by atoms with Gasteiger partial charge < -0.3 is 14.6 Å². The van der Waals surface area contributed by atoms with Crippen LogP contribution in [0.1, 0.15) is 38.2 Å². The summed E-state index contributed by atoms with van der Waals surface area (Å²) in [5, 5.41) is 0.955. The number of aromatic nitrogens is 1. The number of benzene rings is 1. The number of nitrogens with zero attached hydrogens (tertiary/aromatic N) is 2. The third kappa shape index (κ3) is 3.12. The van der Waals surface area contributed by atoms with Crippen LogP contribution < -0.4 is 10.3 Å². The Bertz CT molecular complexity index is 923. The van der Waals surface area contributed by atoms with Gasteiger partial charge in [-0.3, -0.25) is 14.5 Å². The monoisotopic (exact) mass is 369 g/mol. The molecule has 3 heterocycles. The number of carbonyl (C=O) groups excluding carboxylic acids is 1. The molecule has 4 rings (SSSR count). The first-order chi connectivity index (χ1) is 13.0. The van der Waals surface area contributed by atoms with Gasteiger partial charge in [-0.25, -0.2) is 0 Å². The van der Waals surface area contributed by atoms with E-state index < -0.39 is 5.54 Å². The number of piperidine rings is 1. The van der Waals surface area contributed by atoms with E-state index in [4.69, 9.17) is 4.74 Å². The summed E-state index contributed by atoms with van der Waals surface area (Å²) in [6, 6.07) is 7.65. The summed E-state index contributed by atoms with van der Waals surface area (Å²) in [5.41, 5.74) is 1.00. The lowest BCUT2D eigenvalue weighted by atomic mass is 9.85. The van der Waals surface area contributed by atoms with Gasteiger partial charge in [0.25, 0.3) is 5.56 Å². The highest BCUT2D eigenvalue weighted by Gasteiger charge is 2.49. The van der Waals surface area contributed by atoms with Gasteiger partial charge in [0.05, 0.1) is 6.61 Å². The molecule has 0 saturated carbocycles. The normalized spacial score (nSPS) is 23.5. The summed E-state index contributed by atoms with van der Waals surface area (Å²) >= 11 is 0. The fourth-order valence-corrected chi connectivity index (χ4v) is 4.67. The Balaban J connectivity index is 1.67. The average Bonchev–Trinajstić information content (AvgIpc) is 3.04. The molecular weight excluding hydrogens is 342 g/mol. The lowest BCUT2D eigenvalue weighted by Gasteiger charge is -2.43. The number of aromatic amines is 1. The summed E-state index contributed by atoms with van der Waals surface area (Å²) < 4.78 is 5.58. The molecule has 144 valence electrons. The molecule has 1 unspecified atom stereocenters. The zero-order valence-corrected chi connectivity index (χ0v) is 16.1. The molecule has 1 spiro atoms. The van der Waals surface area contributed by atoms with Crippen LogP contribution in [-0.2, 0) is 11.3 Å². The van der Waals surface area contributed by atoms with Crippen molar-refractivity contribution in [3.8, 4) is 5.75 Å². The molecule has 2 aromatic rings. The molecule has 1 aromatic heterocycles. The quantitative estimate of drug-likeness (QED) is 0.899. The third-order valence-corrected chi connectivity index (χ3v) is 6.02. The summed E-state index contributed by atoms with van der Waals surface area (Å²) in [6.45, 7) is 4.74. The zero-order chi connectivity index (χ0) is 19.0. The van der Waals surface area contributed by atoms with Crippen molar-refractivity contribution in [2.45, 2.75) is 44.7 Å². The molecule has 2 fully saturated rings. The van der Waals surface area contributed by atoms with E-state index in [0.29, 0.717) is 18.7 Å². The summed E-state index contributed by atoms with van der Waals surface area (Å²) in [5.74, 6) is 1.01. The molecule has 0 radical (unpaired) electrons. The van der Waals surface area contributed by atoms with Crippen molar-refractivity contribution in [1.29, 1.82) is 0 Å². The number of H-pyrrole nitrogens is 1. The van der Waals surface area contributed by atoms with Gasteiger partial charge in [-0.05, 0) is 63.4 Å². The predicted molar refractivity (Wildman–Crippen MR) is 105 cm³/mol. The Kier molecular flexibility index (Phi) is 4.68. The first-order valence-electron chi connectivity index (χ1n) is 9.83. The second-order valence-corrected chi connectivity index (χ2v) is 7.69. The highest BCUT2D eigenvalue weighted by molar-refractivity contribution is 5.87. The first-order valence-corrected chi connectivity index (χ1v) is 9.83. The highest BCUT2D eigenvalue weighted by atomic mass is 16.5. The van der Waals surface area contributed by atoms with Crippen LogP contribution in [0, 0.1) is 0 Å². The standard InChI is InChI=1S/C21H27N3O3/c1-3-27-17-6-7-18-15(13-17)12-16(19(25)22-18)14-24-11-5-9-21(24)8-4-10-23(2)20(21)26/h6-7,12-13H,3-5,8-11,14H2,1-2H3,(H,22,25). The van der Waals surface area contributed by atoms with E-state index in [2.05, 4.69) is 9.88 Å². The van der Waals surface area contributed by atoms with E-state index >= 15 is 0 Å². The molecule has 1 amide bonds. The molecule has 6 heteroatoms. The van der Waals surface area contributed by atoms with Crippen molar-refractivity contribution in [3.05, 3.63) is 40.2 Å². The van der Waals surface area contributed by atoms with Crippen LogP contribution >= 0.6 is 0 Å². The number of likely N-dealkylation sites (N-methyl/N-ethyl adjacent to an activating group) is 1. The van der Waals surface area contributed by atoms with Gasteiger partial charge in [0.2, 0.25) is 5.91 Å². The average molecular weight is 369 g/mol. The van der Waals surface area contributed by atoms with Crippen LogP contribution in [0.2, 0.25) is 0 Å². The maximum Gasteiger partial charge on any atom is 0.252 e. The predicted octanol–water partition coefficient (Wildman–Crippen LogP) is 2.51. The van der Waals surface area contributed by atoms with Crippen LogP contribution in [0.15, 0.2) is 29.1 Å². The van der Waals surface area contributed by atoms with Crippen LogP contribution in [-0.4, -0.2) is 53.0 Å². The number of hydrogen-bond donors (Lipinski definition) is 1. The second-order valence-electron chi connectivity index (χ2n) is 7.69. The van der Waals surface area contributed by atoms with E-state index in [-0.39, 0.29) is 11.5 Å². The topological polar surface area (TPSA) is 65.6 Å². The number of ether oxygens (including phenoxy) is 1. The fourth-order valence-electron chi connectivity index (χ4n) is 4.67. The third-order valence-electron chi connectivity index (χ3n) is 6.02. The summed E-state index contributed by atoms with van der Waals surface area (Å²) in [6.07, 6.45) is 3.79. The van der Waals surface area contributed by atoms with E-state index in [1.165, 1.54) is 0 Å². The van der Waals surface area contributed by atoms with Gasteiger partial charge in [0.15, 0.2) is 0 Å². The van der Waals surface area contributed by atoms with Gasteiger partial charge in [0, 0.05) is 36.6 Å². The minimum Gasteiger partial charge on any atom is -0.494 e. The number of rotatable bonds is 4. The number of fused-ring (bicyclic) bond motifs is 1. The number of pyridine rings is 1. The van der Waals surface area contributed by atoms with Gasteiger partial charge >= 0.3 is 0 Å². The zero-order valence-electron chi connectivity index (χ0n) is 16.1. The number of likely N-dealkylation sites (tertiary alicyclic amines) is 2. The van der Waals surface area contributed by atoms with Gasteiger partial charge in [0.1, 0.15) is 11.3 Å². The van der Waals surface area contributed by atoms with Crippen molar-refractivity contribution in [2.24, 2.45) is 0 Å². The minimum absolute atomic E-state index is 0.0784. The largest absolute Gasteiger partial charge is 0.494 e. The van der Waals surface area contributed by atoms with Crippen LogP contribution in [0.4, 0.5) is 0 Å². The van der Waals surface area contributed by atoms with Crippen molar-refractivity contribution >= 4 is 16.8 Å². The molecule has 1 atom stereocenters. The number of hydrogen-bond acceptors (Lipinski definition) is 4. The molecule has 0 aliphatic carbocycles. The van der Waals surface area contributed by atoms with Crippen molar-refractivity contribution in [3.63, 3.8) is 0 Å². The Hall–Kier alpha value is -2.34. The van der Waals surface area contributed by atoms with Crippen LogP contribution in [0.5, 0.6) is 5.75 Å². The van der Waals surface area contributed by atoms with Gasteiger partial charge in [-0.2, -0.15) is 0 Å². The van der Waals surface area contributed by atoms with E-state index in [1.54, 1.807) is 0 Å². The van der Waals surface area contributed by atoms with Crippen LogP contribution in [0.25, 0.3) is 10.9 Å². The smallest absolute Gasteiger partial charge is 0.252 e. The molecule has 2 aliphatic rings. The second kappa shape index (κ2) is 7.00. The maximum absolute atomic E-state index is 12.9. The molecule has 27 heavy (non-hydrogen) atoms. The number of nitrogens with one attached hydrogen (secondary N) is 1. The van der Waals surface area contributed by atoms with E-state index in [0.717, 1.165) is 55.4 Å². The Morgan fingerprint density at radius 3 is 2.70 bits per heavy atom. The molecule has 2 saturated heterocycles. The Morgan fingerprint density at radius 1 is 1.15 bits per heavy atom. The Labute approximate surface area is 159 Å². The lowest BCUT2D eigenvalue weighted by molar-refractivity contribution is -0.146. The molecule has 2 aliphatic heterocycles. The first kappa shape index (κ1) is 18.0. The molecule has 0 bridgehead atoms.